The van der Waals surface area contributed by atoms with Crippen LogP contribution < -0.4 is 5.56 Å². The Labute approximate surface area is 178 Å². The Balaban J connectivity index is 1.53. The van der Waals surface area contributed by atoms with E-state index < -0.39 is 0 Å². The van der Waals surface area contributed by atoms with E-state index in [9.17, 15) is 4.79 Å². The van der Waals surface area contributed by atoms with Gasteiger partial charge in [-0.3, -0.25) is 9.36 Å². The first kappa shape index (κ1) is 18.5. The molecule has 2 aromatic heterocycles. The van der Waals surface area contributed by atoms with Crippen LogP contribution in [-0.4, -0.2) is 9.55 Å². The second-order valence-corrected chi connectivity index (χ2v) is 8.29. The molecule has 2 heterocycles. The van der Waals surface area contributed by atoms with Crippen LogP contribution in [0.1, 0.15) is 11.1 Å². The van der Waals surface area contributed by atoms with Gasteiger partial charge in [0.1, 0.15) is 4.83 Å². The van der Waals surface area contributed by atoms with Crippen molar-refractivity contribution >= 4 is 21.6 Å². The average Bonchev–Trinajstić information content (AvgIpc) is 3.23. The number of thiophene rings is 1. The van der Waals surface area contributed by atoms with Gasteiger partial charge in [0.05, 0.1) is 18.3 Å². The number of aromatic nitrogens is 2. The second-order valence-electron chi connectivity index (χ2n) is 7.44. The Hall–Kier alpha value is -3.50. The predicted molar refractivity (Wildman–Crippen MR) is 125 cm³/mol. The maximum Gasteiger partial charge on any atom is 0.263 e. The molecule has 0 aliphatic rings. The molecule has 5 rings (SSSR count). The van der Waals surface area contributed by atoms with Crippen LogP contribution in [0.25, 0.3) is 32.5 Å². The monoisotopic (exact) mass is 408 g/mol. The van der Waals surface area contributed by atoms with E-state index in [1.807, 2.05) is 23.6 Å². The number of nitrogens with zero attached hydrogens (tertiary/aromatic N) is 2. The van der Waals surface area contributed by atoms with Crippen molar-refractivity contribution in [3.05, 3.63) is 112 Å². The SMILES string of the molecule is Cc1ccc(Cn2cnc3scc(-c4ccc(-c5ccccc5)cc4)c3c2=O)cc1. The summed E-state index contributed by atoms with van der Waals surface area (Å²) in [6, 6.07) is 26.9. The summed E-state index contributed by atoms with van der Waals surface area (Å²) in [5.74, 6) is 0. The predicted octanol–water partition coefficient (Wildman–Crippen LogP) is 6.15. The van der Waals surface area contributed by atoms with Gasteiger partial charge >= 0.3 is 0 Å². The van der Waals surface area contributed by atoms with Crippen molar-refractivity contribution in [2.45, 2.75) is 13.5 Å². The maximum absolute atomic E-state index is 13.3. The van der Waals surface area contributed by atoms with Gasteiger partial charge in [-0.2, -0.15) is 0 Å². The van der Waals surface area contributed by atoms with Crippen molar-refractivity contribution < 1.29 is 0 Å². The van der Waals surface area contributed by atoms with Crippen molar-refractivity contribution in [2.75, 3.05) is 0 Å². The molecule has 5 aromatic rings. The molecule has 0 aliphatic heterocycles. The third-order valence-corrected chi connectivity index (χ3v) is 6.22. The number of benzene rings is 3. The first-order valence-corrected chi connectivity index (χ1v) is 10.7. The van der Waals surface area contributed by atoms with E-state index in [4.69, 9.17) is 0 Å². The van der Waals surface area contributed by atoms with Crippen LogP contribution in [0.4, 0.5) is 0 Å². The van der Waals surface area contributed by atoms with E-state index in [1.54, 1.807) is 10.9 Å². The number of fused-ring (bicyclic) bond motifs is 1. The number of rotatable bonds is 4. The molecule has 0 unspecified atom stereocenters. The molecule has 0 N–H and O–H groups in total. The zero-order chi connectivity index (χ0) is 20.5. The summed E-state index contributed by atoms with van der Waals surface area (Å²) in [6.45, 7) is 2.58. The fourth-order valence-corrected chi connectivity index (χ4v) is 4.56. The van der Waals surface area contributed by atoms with E-state index in [0.717, 1.165) is 27.1 Å². The van der Waals surface area contributed by atoms with Crippen molar-refractivity contribution in [3.8, 4) is 22.3 Å². The van der Waals surface area contributed by atoms with Gasteiger partial charge in [0, 0.05) is 10.9 Å². The maximum atomic E-state index is 13.3. The summed E-state index contributed by atoms with van der Waals surface area (Å²) in [5.41, 5.74) is 6.63. The van der Waals surface area contributed by atoms with Gasteiger partial charge in [0.15, 0.2) is 0 Å². The largest absolute Gasteiger partial charge is 0.294 e. The molecule has 3 aromatic carbocycles. The average molecular weight is 409 g/mol. The summed E-state index contributed by atoms with van der Waals surface area (Å²) < 4.78 is 1.70. The van der Waals surface area contributed by atoms with Gasteiger partial charge < -0.3 is 0 Å². The molecule has 30 heavy (non-hydrogen) atoms. The van der Waals surface area contributed by atoms with E-state index in [2.05, 4.69) is 72.6 Å². The van der Waals surface area contributed by atoms with E-state index >= 15 is 0 Å². The minimum absolute atomic E-state index is 0.00367. The Kier molecular flexibility index (Phi) is 4.77. The van der Waals surface area contributed by atoms with E-state index in [0.29, 0.717) is 11.9 Å². The van der Waals surface area contributed by atoms with Crippen LogP contribution in [0, 0.1) is 6.92 Å². The lowest BCUT2D eigenvalue weighted by atomic mass is 10.0. The van der Waals surface area contributed by atoms with Crippen LogP contribution in [0.3, 0.4) is 0 Å². The smallest absolute Gasteiger partial charge is 0.263 e. The summed E-state index contributed by atoms with van der Waals surface area (Å²) in [4.78, 5) is 18.6. The zero-order valence-corrected chi connectivity index (χ0v) is 17.4. The third-order valence-electron chi connectivity index (χ3n) is 5.34. The van der Waals surface area contributed by atoms with Gasteiger partial charge in [0.25, 0.3) is 5.56 Å². The van der Waals surface area contributed by atoms with Crippen LogP contribution in [-0.2, 0) is 6.54 Å². The highest BCUT2D eigenvalue weighted by Crippen LogP contribution is 2.32. The molecule has 0 bridgehead atoms. The highest BCUT2D eigenvalue weighted by molar-refractivity contribution is 7.17. The standard InChI is InChI=1S/C26H20N2OS/c1-18-7-9-19(10-8-18)15-28-17-27-25-24(26(28)29)23(16-30-25)22-13-11-21(12-14-22)20-5-3-2-4-6-20/h2-14,16-17H,15H2,1H3. The Morgan fingerprint density at radius 3 is 2.23 bits per heavy atom. The molecular formula is C26H20N2OS. The summed E-state index contributed by atoms with van der Waals surface area (Å²) >= 11 is 1.52. The van der Waals surface area contributed by atoms with Crippen LogP contribution >= 0.6 is 11.3 Å². The van der Waals surface area contributed by atoms with Crippen LogP contribution in [0.15, 0.2) is 95.4 Å². The number of hydrogen-bond donors (Lipinski definition) is 0. The molecule has 0 aliphatic carbocycles. The molecule has 146 valence electrons. The molecule has 0 amide bonds. The lowest BCUT2D eigenvalue weighted by molar-refractivity contribution is 0.749. The molecule has 4 heteroatoms. The number of hydrogen-bond acceptors (Lipinski definition) is 3. The number of aryl methyl sites for hydroxylation is 1. The Morgan fingerprint density at radius 2 is 1.50 bits per heavy atom. The van der Waals surface area contributed by atoms with Crippen molar-refractivity contribution in [2.24, 2.45) is 0 Å². The molecule has 3 nitrogen and oxygen atoms in total. The highest BCUT2D eigenvalue weighted by atomic mass is 32.1. The molecular weight excluding hydrogens is 388 g/mol. The van der Waals surface area contributed by atoms with Crippen molar-refractivity contribution in [1.82, 2.24) is 9.55 Å². The van der Waals surface area contributed by atoms with Gasteiger partial charge in [-0.1, -0.05) is 84.4 Å². The molecule has 0 fully saturated rings. The van der Waals surface area contributed by atoms with E-state index in [1.165, 1.54) is 22.5 Å². The minimum Gasteiger partial charge on any atom is -0.294 e. The molecule has 0 saturated heterocycles. The fraction of sp³-hybridized carbons (Fsp3) is 0.0769. The van der Waals surface area contributed by atoms with Gasteiger partial charge in [-0.15, -0.1) is 11.3 Å². The second kappa shape index (κ2) is 7.73. The lowest BCUT2D eigenvalue weighted by Gasteiger charge is -2.07. The van der Waals surface area contributed by atoms with E-state index in [-0.39, 0.29) is 5.56 Å². The van der Waals surface area contributed by atoms with Crippen LogP contribution in [0.5, 0.6) is 0 Å². The minimum atomic E-state index is 0.00367. The first-order chi connectivity index (χ1) is 14.7. The van der Waals surface area contributed by atoms with Gasteiger partial charge in [0.2, 0.25) is 0 Å². The molecule has 0 spiro atoms. The van der Waals surface area contributed by atoms with Gasteiger partial charge in [-0.25, -0.2) is 4.98 Å². The normalized spacial score (nSPS) is 11.1. The molecule has 0 saturated carbocycles. The van der Waals surface area contributed by atoms with Crippen molar-refractivity contribution in [1.29, 1.82) is 0 Å². The molecule has 0 radical (unpaired) electrons. The fourth-order valence-electron chi connectivity index (χ4n) is 3.66. The molecule has 0 atom stereocenters. The highest BCUT2D eigenvalue weighted by Gasteiger charge is 2.13. The summed E-state index contributed by atoms with van der Waals surface area (Å²) in [6.07, 6.45) is 1.66. The zero-order valence-electron chi connectivity index (χ0n) is 16.6. The van der Waals surface area contributed by atoms with Crippen molar-refractivity contribution in [3.63, 3.8) is 0 Å². The third kappa shape index (κ3) is 3.46. The summed E-state index contributed by atoms with van der Waals surface area (Å²) in [7, 11) is 0. The Bertz CT molecular complexity index is 1370. The Morgan fingerprint density at radius 1 is 0.833 bits per heavy atom. The first-order valence-electron chi connectivity index (χ1n) is 9.87. The quantitative estimate of drug-likeness (QED) is 0.357. The summed E-state index contributed by atoms with van der Waals surface area (Å²) in [5, 5.41) is 2.73. The van der Waals surface area contributed by atoms with Crippen LogP contribution in [0.2, 0.25) is 0 Å². The van der Waals surface area contributed by atoms with Gasteiger partial charge in [-0.05, 0) is 29.2 Å². The topological polar surface area (TPSA) is 34.9 Å². The lowest BCUT2D eigenvalue weighted by Crippen LogP contribution is -2.20.